The first-order valence-electron chi connectivity index (χ1n) is 5.29. The van der Waals surface area contributed by atoms with Crippen LogP contribution in [0.25, 0.3) is 0 Å². The minimum absolute atomic E-state index is 0.0171. The third-order valence-electron chi connectivity index (χ3n) is 2.36. The van der Waals surface area contributed by atoms with Gasteiger partial charge in [-0.05, 0) is 0 Å². The Bertz CT molecular complexity index is 272. The highest BCUT2D eigenvalue weighted by molar-refractivity contribution is 5.82. The number of rotatable bonds is 6. The fourth-order valence-corrected chi connectivity index (χ4v) is 1.24. The molecule has 1 amide bonds. The number of allylic oxidation sites excluding steroid dienone is 2. The highest BCUT2D eigenvalue weighted by atomic mass is 16.5. The van der Waals surface area contributed by atoms with Gasteiger partial charge in [-0.2, -0.15) is 0 Å². The zero-order chi connectivity index (χ0) is 11.8. The summed E-state index contributed by atoms with van der Waals surface area (Å²) in [4.78, 5) is 11.5. The van der Waals surface area contributed by atoms with Gasteiger partial charge in [0.2, 0.25) is 5.91 Å². The summed E-state index contributed by atoms with van der Waals surface area (Å²) in [7, 11) is 0. The summed E-state index contributed by atoms with van der Waals surface area (Å²) in [6.07, 6.45) is 6.87. The first kappa shape index (κ1) is 12.9. The maximum absolute atomic E-state index is 11.5. The summed E-state index contributed by atoms with van der Waals surface area (Å²) in [6, 6.07) is -0.477. The van der Waals surface area contributed by atoms with Crippen molar-refractivity contribution >= 4 is 5.91 Å². The monoisotopic (exact) mass is 226 g/mol. The van der Waals surface area contributed by atoms with E-state index < -0.39 is 6.04 Å². The number of amides is 1. The first-order chi connectivity index (χ1) is 7.75. The van der Waals surface area contributed by atoms with Crippen molar-refractivity contribution in [3.05, 3.63) is 24.3 Å². The molecule has 0 bridgehead atoms. The van der Waals surface area contributed by atoms with E-state index in [1.165, 1.54) is 0 Å². The zero-order valence-electron chi connectivity index (χ0n) is 9.13. The van der Waals surface area contributed by atoms with E-state index in [0.717, 1.165) is 0 Å². The van der Waals surface area contributed by atoms with Gasteiger partial charge < -0.3 is 20.9 Å². The van der Waals surface area contributed by atoms with Gasteiger partial charge in [-0.1, -0.05) is 24.3 Å². The van der Waals surface area contributed by atoms with Crippen molar-refractivity contribution in [3.63, 3.8) is 0 Å². The van der Waals surface area contributed by atoms with E-state index in [1.54, 1.807) is 24.3 Å². The summed E-state index contributed by atoms with van der Waals surface area (Å²) < 4.78 is 4.97. The Balaban J connectivity index is 2.14. The molecule has 90 valence electrons. The van der Waals surface area contributed by atoms with Crippen LogP contribution in [0.1, 0.15) is 0 Å². The second-order valence-electron chi connectivity index (χ2n) is 3.61. The van der Waals surface area contributed by atoms with Gasteiger partial charge in [-0.3, -0.25) is 4.79 Å². The van der Waals surface area contributed by atoms with Crippen LogP contribution < -0.4 is 11.1 Å². The summed E-state index contributed by atoms with van der Waals surface area (Å²) in [5.41, 5.74) is 5.72. The maximum atomic E-state index is 11.5. The normalized spacial score (nSPS) is 18.9. The second kappa shape index (κ2) is 7.16. The molecule has 1 aliphatic heterocycles. The molecule has 1 aliphatic rings. The number of hydrogen-bond acceptors (Lipinski definition) is 4. The van der Waals surface area contributed by atoms with Crippen LogP contribution in [-0.4, -0.2) is 43.4 Å². The second-order valence-corrected chi connectivity index (χ2v) is 3.61. The van der Waals surface area contributed by atoms with E-state index in [4.69, 9.17) is 15.6 Å². The lowest BCUT2D eigenvalue weighted by atomic mass is 9.98. The van der Waals surface area contributed by atoms with Gasteiger partial charge >= 0.3 is 0 Å². The summed E-state index contributed by atoms with van der Waals surface area (Å²) in [6.45, 7) is 1.60. The largest absolute Gasteiger partial charge is 0.392 e. The maximum Gasteiger partial charge on any atom is 0.237 e. The molecule has 0 spiro atoms. The van der Waals surface area contributed by atoms with E-state index in [1.807, 2.05) is 0 Å². The van der Waals surface area contributed by atoms with Gasteiger partial charge in [0.05, 0.1) is 25.9 Å². The zero-order valence-corrected chi connectivity index (χ0v) is 9.13. The van der Waals surface area contributed by atoms with Crippen molar-refractivity contribution in [2.45, 2.75) is 6.04 Å². The number of hydrogen-bond donors (Lipinski definition) is 3. The average molecular weight is 226 g/mol. The molecule has 0 aromatic rings. The number of carbonyl (C=O) groups excluding carboxylic acids is 1. The summed E-state index contributed by atoms with van der Waals surface area (Å²) >= 11 is 0. The number of nitrogens with two attached hydrogens (primary N) is 1. The molecule has 1 fully saturated rings. The topological polar surface area (TPSA) is 84.6 Å². The Morgan fingerprint density at radius 2 is 2.19 bits per heavy atom. The van der Waals surface area contributed by atoms with Gasteiger partial charge in [0, 0.05) is 12.5 Å². The molecule has 1 heterocycles. The third kappa shape index (κ3) is 4.14. The first-order valence-corrected chi connectivity index (χ1v) is 5.29. The number of aliphatic hydroxyl groups is 1. The van der Waals surface area contributed by atoms with Crippen LogP contribution in [0.2, 0.25) is 0 Å². The lowest BCUT2D eigenvalue weighted by Gasteiger charge is -2.30. The Morgan fingerprint density at radius 3 is 2.75 bits per heavy atom. The van der Waals surface area contributed by atoms with Crippen molar-refractivity contribution < 1.29 is 14.6 Å². The quantitative estimate of drug-likeness (QED) is 0.517. The van der Waals surface area contributed by atoms with Crippen molar-refractivity contribution in [1.82, 2.24) is 5.32 Å². The highest BCUT2D eigenvalue weighted by Crippen LogP contribution is 2.12. The van der Waals surface area contributed by atoms with Crippen LogP contribution in [0.4, 0.5) is 0 Å². The van der Waals surface area contributed by atoms with Gasteiger partial charge in [-0.25, -0.2) is 0 Å². The molecule has 1 rings (SSSR count). The molecule has 0 radical (unpaired) electrons. The van der Waals surface area contributed by atoms with Gasteiger partial charge in [0.25, 0.3) is 0 Å². The highest BCUT2D eigenvalue weighted by Gasteiger charge is 2.30. The van der Waals surface area contributed by atoms with Crippen LogP contribution in [0.5, 0.6) is 0 Å². The molecule has 4 N–H and O–H groups in total. The number of nitrogens with one attached hydrogen (secondary N) is 1. The fraction of sp³-hybridized carbons (Fsp3) is 0.545. The predicted molar refractivity (Wildman–Crippen MR) is 60.7 cm³/mol. The smallest absolute Gasteiger partial charge is 0.237 e. The van der Waals surface area contributed by atoms with Crippen LogP contribution in [0, 0.1) is 5.92 Å². The van der Waals surface area contributed by atoms with Crippen LogP contribution in [0.3, 0.4) is 0 Å². The van der Waals surface area contributed by atoms with Gasteiger partial charge in [-0.15, -0.1) is 0 Å². The van der Waals surface area contributed by atoms with Crippen LogP contribution in [0.15, 0.2) is 24.3 Å². The van der Waals surface area contributed by atoms with Crippen molar-refractivity contribution in [2.24, 2.45) is 11.7 Å². The van der Waals surface area contributed by atoms with Crippen LogP contribution >= 0.6 is 0 Å². The molecule has 16 heavy (non-hydrogen) atoms. The molecule has 0 saturated carbocycles. The summed E-state index contributed by atoms with van der Waals surface area (Å²) in [5, 5.41) is 11.2. The number of ether oxygens (including phenoxy) is 1. The molecule has 0 aromatic heterocycles. The Labute approximate surface area is 95.0 Å². The summed E-state index contributed by atoms with van der Waals surface area (Å²) in [5.74, 6) is 0.00218. The SMILES string of the molecule is NC(C(=O)NC/C=C\C=C/CO)C1COC1. The minimum atomic E-state index is -0.477. The van der Waals surface area contributed by atoms with Crippen molar-refractivity contribution in [2.75, 3.05) is 26.4 Å². The predicted octanol–water partition coefficient (Wildman–Crippen LogP) is -0.819. The van der Waals surface area contributed by atoms with E-state index in [0.29, 0.717) is 19.8 Å². The van der Waals surface area contributed by atoms with E-state index in [9.17, 15) is 4.79 Å². The molecular formula is C11H18N2O3. The molecule has 5 heteroatoms. The molecule has 0 aliphatic carbocycles. The van der Waals surface area contributed by atoms with Crippen LogP contribution in [-0.2, 0) is 9.53 Å². The molecule has 1 saturated heterocycles. The fourth-order valence-electron chi connectivity index (χ4n) is 1.24. The van der Waals surface area contributed by atoms with Crippen molar-refractivity contribution in [1.29, 1.82) is 0 Å². The van der Waals surface area contributed by atoms with Crippen molar-refractivity contribution in [3.8, 4) is 0 Å². The standard InChI is InChI=1S/C11H18N2O3/c12-10(9-7-16-8-9)11(15)13-5-3-1-2-4-6-14/h1-4,9-10,14H,5-8,12H2,(H,13,15)/b3-1-,4-2-. The van der Waals surface area contributed by atoms with E-state index in [-0.39, 0.29) is 18.4 Å². The average Bonchev–Trinajstić information content (AvgIpc) is 2.20. The molecular weight excluding hydrogens is 208 g/mol. The number of carbonyl (C=O) groups is 1. The Morgan fingerprint density at radius 1 is 1.50 bits per heavy atom. The molecule has 0 aromatic carbocycles. The van der Waals surface area contributed by atoms with E-state index >= 15 is 0 Å². The lowest BCUT2D eigenvalue weighted by molar-refractivity contribution is -0.128. The lowest BCUT2D eigenvalue weighted by Crippen LogP contribution is -2.52. The Kier molecular flexibility index (Phi) is 5.77. The Hall–Kier alpha value is -1.17. The minimum Gasteiger partial charge on any atom is -0.392 e. The number of aliphatic hydroxyl groups excluding tert-OH is 1. The third-order valence-corrected chi connectivity index (χ3v) is 2.36. The van der Waals surface area contributed by atoms with Gasteiger partial charge in [0.15, 0.2) is 0 Å². The van der Waals surface area contributed by atoms with Gasteiger partial charge in [0.1, 0.15) is 0 Å². The molecule has 1 atom stereocenters. The molecule has 5 nitrogen and oxygen atoms in total. The van der Waals surface area contributed by atoms with E-state index in [2.05, 4.69) is 5.32 Å². The molecule has 1 unspecified atom stereocenters.